The predicted molar refractivity (Wildman–Crippen MR) is 241 cm³/mol. The molecular formula is C41H74Cl3N5O11S. The van der Waals surface area contributed by atoms with Gasteiger partial charge >= 0.3 is 12.1 Å². The van der Waals surface area contributed by atoms with Crippen LogP contribution in [0.5, 0.6) is 0 Å². The van der Waals surface area contributed by atoms with Gasteiger partial charge in [0.2, 0.25) is 27.4 Å². The fraction of sp³-hybridized carbons (Fsp3) is 0.854. The Morgan fingerprint density at radius 3 is 1.38 bits per heavy atom. The Morgan fingerprint density at radius 2 is 0.984 bits per heavy atom. The molecule has 0 aliphatic carbocycles. The maximum Gasteiger partial charge on any atom is 0.407 e. The zero-order valence-electron chi connectivity index (χ0n) is 36.0. The molecule has 9 N–H and O–H groups in total. The van der Waals surface area contributed by atoms with Gasteiger partial charge in [-0.25, -0.2) is 9.59 Å². The summed E-state index contributed by atoms with van der Waals surface area (Å²) in [4.78, 5) is 73.6. The Balaban J connectivity index is 4.48. The number of unbranched alkanes of at least 4 members (excludes halogenated alkanes) is 19. The summed E-state index contributed by atoms with van der Waals surface area (Å²) in [5.41, 5.74) is 5.01. The first-order chi connectivity index (χ1) is 29.1. The lowest BCUT2D eigenvalue weighted by Crippen LogP contribution is -2.60. The molecule has 0 radical (unpaired) electrons. The zero-order valence-corrected chi connectivity index (χ0v) is 39.1. The molecule has 0 spiro atoms. The van der Waals surface area contributed by atoms with Crippen molar-refractivity contribution in [2.75, 3.05) is 44.5 Å². The summed E-state index contributed by atoms with van der Waals surface area (Å²) in [7, 11) is 0. The first-order valence-electron chi connectivity index (χ1n) is 21.9. The second kappa shape index (κ2) is 38.2. The number of amides is 5. The third-order valence-electron chi connectivity index (χ3n) is 9.63. The Kier molecular flexibility index (Phi) is 36.8. The molecule has 0 aromatic heterocycles. The molecule has 4 atom stereocenters. The fourth-order valence-electron chi connectivity index (χ4n) is 6.15. The topological polar surface area (TPSA) is 256 Å². The Morgan fingerprint density at radius 1 is 0.590 bits per heavy atom. The van der Waals surface area contributed by atoms with E-state index in [-0.39, 0.29) is 5.75 Å². The van der Waals surface area contributed by atoms with E-state index in [1.807, 2.05) is 5.32 Å². The van der Waals surface area contributed by atoms with Gasteiger partial charge in [0.15, 0.2) is 0 Å². The number of alkyl halides is 3. The lowest BCUT2D eigenvalue weighted by molar-refractivity contribution is -0.144. The maximum atomic E-state index is 13.2. The summed E-state index contributed by atoms with van der Waals surface area (Å²) >= 11 is 18.2. The van der Waals surface area contributed by atoms with Gasteiger partial charge < -0.3 is 51.8 Å². The summed E-state index contributed by atoms with van der Waals surface area (Å²) in [6.07, 6.45) is 25.3. The van der Waals surface area contributed by atoms with Crippen LogP contribution in [-0.4, -0.2) is 124 Å². The first-order valence-corrected chi connectivity index (χ1v) is 24.2. The van der Waals surface area contributed by atoms with Crippen molar-refractivity contribution in [2.45, 2.75) is 176 Å². The molecule has 0 aromatic carbocycles. The van der Waals surface area contributed by atoms with Gasteiger partial charge in [-0.2, -0.15) is 11.8 Å². The number of carboxylic acid groups (broad SMARTS) is 1. The van der Waals surface area contributed by atoms with E-state index in [2.05, 4.69) is 22.9 Å². The van der Waals surface area contributed by atoms with E-state index in [1.54, 1.807) is 0 Å². The maximum absolute atomic E-state index is 13.2. The van der Waals surface area contributed by atoms with Crippen molar-refractivity contribution < 1.29 is 53.6 Å². The number of carboxylic acids is 1. The largest absolute Gasteiger partial charge is 0.480 e. The van der Waals surface area contributed by atoms with Crippen molar-refractivity contribution >= 4 is 82.3 Å². The molecule has 0 fully saturated rings. The van der Waals surface area contributed by atoms with E-state index >= 15 is 0 Å². The predicted octanol–water partition coefficient (Wildman–Crippen LogP) is 5.81. The average molecular weight is 951 g/mol. The zero-order chi connectivity index (χ0) is 45.7. The van der Waals surface area contributed by atoms with Crippen molar-refractivity contribution in [2.24, 2.45) is 5.73 Å². The number of hydrogen-bond donors (Lipinski definition) is 8. The van der Waals surface area contributed by atoms with Crippen LogP contribution in [0.3, 0.4) is 0 Å². The van der Waals surface area contributed by atoms with Crippen LogP contribution in [0.1, 0.15) is 148 Å². The molecule has 0 aromatic rings. The highest BCUT2D eigenvalue weighted by Gasteiger charge is 2.32. The van der Waals surface area contributed by atoms with E-state index in [0.29, 0.717) is 25.4 Å². The van der Waals surface area contributed by atoms with Gasteiger partial charge in [-0.15, -0.1) is 0 Å². The molecule has 16 nitrogen and oxygen atoms in total. The molecule has 0 rings (SSSR count). The van der Waals surface area contributed by atoms with Crippen LogP contribution >= 0.6 is 46.6 Å². The summed E-state index contributed by atoms with van der Waals surface area (Å²) < 4.78 is 8.71. The van der Waals surface area contributed by atoms with Crippen LogP contribution < -0.4 is 27.0 Å². The van der Waals surface area contributed by atoms with Gasteiger partial charge in [0, 0.05) is 19.0 Å². The van der Waals surface area contributed by atoms with E-state index in [1.165, 1.54) is 127 Å². The normalized spacial score (nSPS) is 13.4. The molecule has 0 unspecified atom stereocenters. The Labute approximate surface area is 381 Å². The number of aliphatic carboxylic acids is 1. The highest BCUT2D eigenvalue weighted by molar-refractivity contribution is 7.99. The first kappa shape index (κ1) is 58.7. The fourth-order valence-corrected chi connectivity index (χ4v) is 7.27. The number of carbonyl (C=O) groups is 6. The smallest absolute Gasteiger partial charge is 0.407 e. The number of alkyl carbamates (subject to hydrolysis) is 1. The average Bonchev–Trinajstić information content (AvgIpc) is 3.20. The second-order valence-electron chi connectivity index (χ2n) is 15.2. The van der Waals surface area contributed by atoms with Gasteiger partial charge in [0.1, 0.15) is 30.8 Å². The molecule has 0 saturated heterocycles. The van der Waals surface area contributed by atoms with Crippen LogP contribution in [0.15, 0.2) is 0 Å². The van der Waals surface area contributed by atoms with Crippen LogP contribution in [0, 0.1) is 0 Å². The molecule has 356 valence electrons. The second-order valence-corrected chi connectivity index (χ2v) is 18.9. The van der Waals surface area contributed by atoms with E-state index in [0.717, 1.165) is 12.8 Å². The summed E-state index contributed by atoms with van der Waals surface area (Å²) in [6, 6.07) is -6.45. The van der Waals surface area contributed by atoms with Gasteiger partial charge in [0.25, 0.3) is 0 Å². The van der Waals surface area contributed by atoms with Gasteiger partial charge in [0.05, 0.1) is 19.6 Å². The Bertz CT molecular complexity index is 1220. The molecule has 61 heavy (non-hydrogen) atoms. The Hall–Kier alpha value is -2.28. The summed E-state index contributed by atoms with van der Waals surface area (Å²) in [5.74, 6) is -5.28. The summed E-state index contributed by atoms with van der Waals surface area (Å²) in [6.45, 7) is 0.819. The molecule has 5 amide bonds. The molecule has 0 aliphatic heterocycles. The SMILES string of the molecule is CCCCCCCCCCCCCCCCCCCCCCOCCCSC[C@H](NC(=O)OCC(Cl)(Cl)Cl)C(=O)N[C@@H](CO)C(=O)N[C@@H](CO)C(=O)N[C@@H](CC(N)=O)C(=O)O. The number of rotatable bonds is 40. The van der Waals surface area contributed by atoms with Gasteiger partial charge in [-0.3, -0.25) is 19.2 Å². The van der Waals surface area contributed by atoms with Crippen molar-refractivity contribution in [1.29, 1.82) is 0 Å². The number of ether oxygens (including phenoxy) is 2. The number of nitrogens with two attached hydrogens (primary N) is 1. The minimum absolute atomic E-state index is 0.00589. The van der Waals surface area contributed by atoms with Crippen LogP contribution in [0.2, 0.25) is 0 Å². The molecule has 0 bridgehead atoms. The van der Waals surface area contributed by atoms with Gasteiger partial charge in [-0.05, 0) is 18.6 Å². The van der Waals surface area contributed by atoms with Crippen molar-refractivity contribution in [1.82, 2.24) is 21.3 Å². The number of thioether (sulfide) groups is 1. The van der Waals surface area contributed by atoms with Crippen molar-refractivity contribution in [3.05, 3.63) is 0 Å². The van der Waals surface area contributed by atoms with E-state index < -0.39 is 89.9 Å². The number of nitrogens with one attached hydrogen (secondary N) is 4. The van der Waals surface area contributed by atoms with Gasteiger partial charge in [-0.1, -0.05) is 164 Å². The summed E-state index contributed by atoms with van der Waals surface area (Å²) in [5, 5.41) is 37.4. The molecule has 20 heteroatoms. The van der Waals surface area contributed by atoms with Crippen molar-refractivity contribution in [3.8, 4) is 0 Å². The number of halogens is 3. The van der Waals surface area contributed by atoms with E-state index in [4.69, 9.17) is 50.0 Å². The lowest BCUT2D eigenvalue weighted by atomic mass is 10.0. The quantitative estimate of drug-likeness (QED) is 0.0268. The number of hydrogen-bond acceptors (Lipinski definition) is 11. The standard InChI is InChI=1S/C41H74Cl3N5O11S/c1-2-3-4-5-6-7-8-9-10-11-12-13-14-15-16-17-18-19-20-21-23-59-24-22-25-61-29-34(49-40(58)60-30-41(42,43)44)38(55)48-33(28-51)37(54)47-32(27-50)36(53)46-31(39(56)57)26-35(45)52/h31-34,50-51H,2-30H2,1H3,(H2,45,52)(H,46,53)(H,47,54)(H,48,55)(H,49,58)(H,56,57)/t31-,32-,33-,34-/m0/s1. The minimum Gasteiger partial charge on any atom is -0.480 e. The van der Waals surface area contributed by atoms with Crippen LogP contribution in [0.4, 0.5) is 4.79 Å². The van der Waals surface area contributed by atoms with Crippen LogP contribution in [-0.2, 0) is 33.4 Å². The number of primary amides is 1. The lowest BCUT2D eigenvalue weighted by Gasteiger charge is -2.24. The molecule has 0 saturated carbocycles. The van der Waals surface area contributed by atoms with E-state index in [9.17, 15) is 44.1 Å². The molecular weight excluding hydrogens is 877 g/mol. The highest BCUT2D eigenvalue weighted by Crippen LogP contribution is 2.26. The molecule has 0 heterocycles. The third kappa shape index (κ3) is 34.8. The highest BCUT2D eigenvalue weighted by atomic mass is 35.6. The minimum atomic E-state index is -1.92. The monoisotopic (exact) mass is 949 g/mol. The molecule has 0 aliphatic rings. The number of aliphatic hydroxyl groups is 2. The van der Waals surface area contributed by atoms with Crippen molar-refractivity contribution in [3.63, 3.8) is 0 Å². The number of aliphatic hydroxyl groups excluding tert-OH is 2. The third-order valence-corrected chi connectivity index (χ3v) is 11.1. The number of carbonyl (C=O) groups excluding carboxylic acids is 5. The van der Waals surface area contributed by atoms with Crippen LogP contribution in [0.25, 0.3) is 0 Å².